The molecule has 0 bridgehead atoms. The van der Waals surface area contributed by atoms with Gasteiger partial charge >= 0.3 is 13.3 Å². The monoisotopic (exact) mass is 368 g/mol. The quantitative estimate of drug-likeness (QED) is 0.551. The molecule has 2 aromatic rings. The molecule has 1 saturated heterocycles. The van der Waals surface area contributed by atoms with Gasteiger partial charge in [0.05, 0.1) is 12.4 Å². The van der Waals surface area contributed by atoms with E-state index in [-0.39, 0.29) is 6.42 Å². The molecule has 0 saturated carbocycles. The van der Waals surface area contributed by atoms with E-state index in [0.29, 0.717) is 18.4 Å². The Hall–Kier alpha value is -2.26. The van der Waals surface area contributed by atoms with Gasteiger partial charge in [0.15, 0.2) is 0 Å². The van der Waals surface area contributed by atoms with Crippen molar-refractivity contribution in [1.29, 1.82) is 0 Å². The molecule has 0 aromatic carbocycles. The molecule has 134 valence electrons. The van der Waals surface area contributed by atoms with Gasteiger partial charge in [-0.2, -0.15) is 0 Å². The van der Waals surface area contributed by atoms with Crippen LogP contribution in [0.25, 0.3) is 0 Å². The van der Waals surface area contributed by atoms with Crippen molar-refractivity contribution >= 4 is 7.60 Å². The first-order valence-electron chi connectivity index (χ1n) is 7.53. The maximum absolute atomic E-state index is 12.1. The predicted octanol–water partition coefficient (Wildman–Crippen LogP) is 0.219. The molecule has 0 aliphatic carbocycles. The number of nitrogens with one attached hydrogen (secondary N) is 2. The van der Waals surface area contributed by atoms with Crippen molar-refractivity contribution in [1.82, 2.24) is 19.5 Å². The van der Waals surface area contributed by atoms with E-state index >= 15 is 0 Å². The van der Waals surface area contributed by atoms with Crippen LogP contribution in [-0.4, -0.2) is 35.4 Å². The molecule has 25 heavy (non-hydrogen) atoms. The van der Waals surface area contributed by atoms with Crippen LogP contribution in [-0.2, 0) is 15.7 Å². The summed E-state index contributed by atoms with van der Waals surface area (Å²) in [4.78, 5) is 50.8. The maximum atomic E-state index is 12.1. The fourth-order valence-corrected chi connectivity index (χ4v) is 3.07. The van der Waals surface area contributed by atoms with E-state index in [9.17, 15) is 14.2 Å². The zero-order valence-electron chi connectivity index (χ0n) is 13.0. The maximum Gasteiger partial charge on any atom is 0.348 e. The molecule has 2 unspecified atom stereocenters. The summed E-state index contributed by atoms with van der Waals surface area (Å²) in [5.41, 5.74) is 0.0296. The molecule has 1 aliphatic rings. The van der Waals surface area contributed by atoms with Gasteiger partial charge in [-0.1, -0.05) is 0 Å². The van der Waals surface area contributed by atoms with E-state index in [2.05, 4.69) is 15.0 Å². The largest absolute Gasteiger partial charge is 0.351 e. The number of hydrogen-bond acceptors (Lipinski definition) is 5. The van der Waals surface area contributed by atoms with E-state index in [0.717, 1.165) is 11.5 Å². The van der Waals surface area contributed by atoms with Gasteiger partial charge in [0.1, 0.15) is 6.23 Å². The lowest BCUT2D eigenvalue weighted by molar-refractivity contribution is 0.0201. The summed E-state index contributed by atoms with van der Waals surface area (Å²) in [5, 5.41) is 0. The molecule has 1 aliphatic heterocycles. The van der Waals surface area contributed by atoms with Crippen molar-refractivity contribution in [2.24, 2.45) is 0 Å². The highest BCUT2D eigenvalue weighted by Gasteiger charge is 2.27. The third kappa shape index (κ3) is 4.43. The second-order valence-corrected chi connectivity index (χ2v) is 7.19. The van der Waals surface area contributed by atoms with Crippen molar-refractivity contribution in [3.63, 3.8) is 0 Å². The molecule has 0 amide bonds. The molecule has 11 heteroatoms. The molecule has 0 radical (unpaired) electrons. The van der Waals surface area contributed by atoms with E-state index in [4.69, 9.17) is 14.5 Å². The van der Waals surface area contributed by atoms with E-state index < -0.39 is 31.2 Å². The van der Waals surface area contributed by atoms with Gasteiger partial charge in [-0.3, -0.25) is 18.9 Å². The first kappa shape index (κ1) is 17.6. The van der Waals surface area contributed by atoms with Crippen molar-refractivity contribution in [2.75, 3.05) is 0 Å². The Bertz CT molecular complexity index is 926. The summed E-state index contributed by atoms with van der Waals surface area (Å²) in [6, 6.07) is 0. The van der Waals surface area contributed by atoms with Crippen molar-refractivity contribution < 1.29 is 19.1 Å². The summed E-state index contributed by atoms with van der Waals surface area (Å²) in [5.74, 6) is 0.791. The Morgan fingerprint density at radius 1 is 1.40 bits per heavy atom. The SMILES string of the molecule is O=c1[nH]c(=O)n(C2CCC(/C=C/P(=O)(O)O)O2)cc1Cc1cnc[nH]1. The van der Waals surface area contributed by atoms with Crippen molar-refractivity contribution in [3.8, 4) is 0 Å². The Labute approximate surface area is 141 Å². The Morgan fingerprint density at radius 3 is 2.88 bits per heavy atom. The van der Waals surface area contributed by atoms with Crippen LogP contribution in [0.4, 0.5) is 0 Å². The average Bonchev–Trinajstić information content (AvgIpc) is 3.19. The number of nitrogens with zero attached hydrogens (tertiary/aromatic N) is 2. The molecular formula is C14H17N4O6P. The van der Waals surface area contributed by atoms with Crippen LogP contribution in [0.1, 0.15) is 30.3 Å². The number of aromatic nitrogens is 4. The number of H-pyrrole nitrogens is 2. The number of imidazole rings is 1. The van der Waals surface area contributed by atoms with Gasteiger partial charge in [0.25, 0.3) is 5.56 Å². The first-order chi connectivity index (χ1) is 11.8. The third-order valence-electron chi connectivity index (χ3n) is 3.81. The minimum atomic E-state index is -4.25. The molecule has 2 atom stereocenters. The zero-order chi connectivity index (χ0) is 18.0. The molecular weight excluding hydrogens is 351 g/mol. The number of ether oxygens (including phenoxy) is 1. The molecule has 2 aromatic heterocycles. The predicted molar refractivity (Wildman–Crippen MR) is 87.0 cm³/mol. The van der Waals surface area contributed by atoms with Crippen molar-refractivity contribution in [3.05, 3.63) is 62.7 Å². The minimum Gasteiger partial charge on any atom is -0.351 e. The second-order valence-electron chi connectivity index (χ2n) is 5.71. The lowest BCUT2D eigenvalue weighted by Crippen LogP contribution is -2.34. The normalized spacial score (nSPS) is 21.2. The average molecular weight is 368 g/mol. The second kappa shape index (κ2) is 6.93. The number of rotatable bonds is 5. The summed E-state index contributed by atoms with van der Waals surface area (Å²) in [6.07, 6.45) is 5.97. The lowest BCUT2D eigenvalue weighted by atomic mass is 10.2. The summed E-state index contributed by atoms with van der Waals surface area (Å²) in [7, 11) is -4.25. The highest BCUT2D eigenvalue weighted by molar-refractivity contribution is 7.55. The molecule has 10 nitrogen and oxygen atoms in total. The Kier molecular flexibility index (Phi) is 4.87. The van der Waals surface area contributed by atoms with Crippen LogP contribution in [0.3, 0.4) is 0 Å². The fraction of sp³-hybridized carbons (Fsp3) is 0.357. The number of hydrogen-bond donors (Lipinski definition) is 4. The molecule has 3 heterocycles. The fourth-order valence-electron chi connectivity index (χ4n) is 2.65. The summed E-state index contributed by atoms with van der Waals surface area (Å²) < 4.78 is 17.8. The molecule has 0 spiro atoms. The number of aromatic amines is 2. The van der Waals surface area contributed by atoms with Crippen LogP contribution in [0.5, 0.6) is 0 Å². The Morgan fingerprint density at radius 2 is 2.20 bits per heavy atom. The first-order valence-corrected chi connectivity index (χ1v) is 9.21. The smallest absolute Gasteiger partial charge is 0.348 e. The van der Waals surface area contributed by atoms with E-state index in [1.165, 1.54) is 23.2 Å². The van der Waals surface area contributed by atoms with Gasteiger partial charge in [0, 0.05) is 35.9 Å². The summed E-state index contributed by atoms with van der Waals surface area (Å²) in [6.45, 7) is 0. The van der Waals surface area contributed by atoms with E-state index in [1.54, 1.807) is 6.20 Å². The third-order valence-corrected chi connectivity index (χ3v) is 4.37. The minimum absolute atomic E-state index is 0.282. The zero-order valence-corrected chi connectivity index (χ0v) is 13.9. The lowest BCUT2D eigenvalue weighted by Gasteiger charge is -2.15. The van der Waals surface area contributed by atoms with Gasteiger partial charge in [-0.25, -0.2) is 9.78 Å². The topological polar surface area (TPSA) is 150 Å². The highest BCUT2D eigenvalue weighted by atomic mass is 31.2. The van der Waals surface area contributed by atoms with Crippen LogP contribution < -0.4 is 11.2 Å². The van der Waals surface area contributed by atoms with Crippen LogP contribution in [0, 0.1) is 0 Å². The molecule has 4 N–H and O–H groups in total. The van der Waals surface area contributed by atoms with Crippen LogP contribution in [0.15, 0.2) is 40.2 Å². The Balaban J connectivity index is 1.81. The highest BCUT2D eigenvalue weighted by Crippen LogP contribution is 2.37. The summed E-state index contributed by atoms with van der Waals surface area (Å²) >= 11 is 0. The van der Waals surface area contributed by atoms with Gasteiger partial charge < -0.3 is 19.5 Å². The van der Waals surface area contributed by atoms with Crippen molar-refractivity contribution in [2.45, 2.75) is 31.6 Å². The van der Waals surface area contributed by atoms with Gasteiger partial charge in [-0.15, -0.1) is 0 Å². The van der Waals surface area contributed by atoms with Crippen LogP contribution >= 0.6 is 7.60 Å². The van der Waals surface area contributed by atoms with Crippen LogP contribution in [0.2, 0.25) is 0 Å². The van der Waals surface area contributed by atoms with Gasteiger partial charge in [-0.05, 0) is 18.9 Å². The van der Waals surface area contributed by atoms with Gasteiger partial charge in [0.2, 0.25) is 0 Å². The standard InChI is InChI=1S/C14H17N4O6P/c19-13-9(5-10-6-15-8-16-10)7-18(14(20)17-13)12-2-1-11(24-12)3-4-25(21,22)23/h3-4,6-8,11-12H,1-2,5H2,(H,15,16)(H,17,19,20)(H2,21,22,23)/b4-3+. The van der Waals surface area contributed by atoms with E-state index in [1.807, 2.05) is 0 Å². The molecule has 1 fully saturated rings. The molecule has 3 rings (SSSR count).